The molecular formula is C29H43N2O3SSi. The van der Waals surface area contributed by atoms with Crippen molar-refractivity contribution in [2.45, 2.75) is 84.2 Å². The summed E-state index contributed by atoms with van der Waals surface area (Å²) >= 11 is 0. The molecule has 1 radical (unpaired) electrons. The van der Waals surface area contributed by atoms with Crippen LogP contribution in [-0.2, 0) is 21.8 Å². The van der Waals surface area contributed by atoms with E-state index >= 15 is 0 Å². The van der Waals surface area contributed by atoms with Gasteiger partial charge in [0.1, 0.15) is 16.7 Å². The fraction of sp³-hybridized carbons (Fsp3) is 0.586. The third-order valence-corrected chi connectivity index (χ3v) is 11.8. The van der Waals surface area contributed by atoms with Crippen molar-refractivity contribution in [1.82, 2.24) is 4.31 Å². The fourth-order valence-corrected chi connectivity index (χ4v) is 8.74. The standard InChI is InChI=1S/C29H43N2O3SSi/c1-7-22(2)19-24-13-11-12-16-28(24)36(25-14-9-8-10-15-25)34-21-23-17-18-26(30-32)27(20-23)35(33)31(6)29(3,4)5/h9,11-14,16-18,22-23,25H,7-8,10,15,19-21H2,1-6H3. The Labute approximate surface area is 222 Å². The van der Waals surface area contributed by atoms with Gasteiger partial charge in [-0.1, -0.05) is 62.8 Å². The molecule has 1 aromatic rings. The lowest BCUT2D eigenvalue weighted by Gasteiger charge is -2.33. The maximum Gasteiger partial charge on any atom is 0.254 e. The monoisotopic (exact) mass is 527 g/mol. The lowest BCUT2D eigenvalue weighted by atomic mass is 9.99. The molecule has 0 aromatic heterocycles. The van der Waals surface area contributed by atoms with Crippen molar-refractivity contribution < 1.29 is 8.63 Å². The third-order valence-electron chi connectivity index (χ3n) is 7.35. The van der Waals surface area contributed by atoms with Crippen molar-refractivity contribution >= 4 is 25.2 Å². The summed E-state index contributed by atoms with van der Waals surface area (Å²) in [6.07, 6.45) is 14.7. The molecule has 0 bridgehead atoms. The molecule has 0 heterocycles. The van der Waals surface area contributed by atoms with Gasteiger partial charge in [-0.15, -0.1) is 4.91 Å². The summed E-state index contributed by atoms with van der Waals surface area (Å²) in [4.78, 5) is 12.1. The second-order valence-electron chi connectivity index (χ2n) is 11.2. The van der Waals surface area contributed by atoms with Crippen LogP contribution in [0.15, 0.2) is 64.3 Å². The molecule has 4 unspecified atom stereocenters. The summed E-state index contributed by atoms with van der Waals surface area (Å²) in [7, 11) is -0.902. The van der Waals surface area contributed by atoms with Crippen LogP contribution in [0.4, 0.5) is 0 Å². The Morgan fingerprint density at radius 2 is 2.00 bits per heavy atom. The van der Waals surface area contributed by atoms with Crippen LogP contribution in [0.5, 0.6) is 0 Å². The molecule has 0 saturated carbocycles. The summed E-state index contributed by atoms with van der Waals surface area (Å²) in [6, 6.07) is 8.84. The average Bonchev–Trinajstić information content (AvgIpc) is 2.88. The van der Waals surface area contributed by atoms with E-state index in [1.165, 1.54) is 17.2 Å². The average molecular weight is 528 g/mol. The summed E-state index contributed by atoms with van der Waals surface area (Å²) < 4.78 is 22.0. The SMILES string of the molecule is CCC(C)Cc1ccccc1[Si](OCC1C=CC(N=O)=C(S(=O)N(C)C(C)(C)C)C1)C1C=CCCC1. The van der Waals surface area contributed by atoms with Crippen LogP contribution in [0, 0.1) is 16.7 Å². The molecule has 0 spiro atoms. The number of rotatable bonds is 11. The highest BCUT2D eigenvalue weighted by atomic mass is 32.2. The summed E-state index contributed by atoms with van der Waals surface area (Å²) in [5.74, 6) is 0.700. The second kappa shape index (κ2) is 13.2. The first-order valence-electron chi connectivity index (χ1n) is 13.3. The predicted octanol–water partition coefficient (Wildman–Crippen LogP) is 6.55. The Hall–Kier alpha value is -1.67. The van der Waals surface area contributed by atoms with E-state index in [0.29, 0.717) is 35.1 Å². The Morgan fingerprint density at radius 1 is 1.25 bits per heavy atom. The lowest BCUT2D eigenvalue weighted by molar-refractivity contribution is 0.274. The molecule has 2 aliphatic carbocycles. The zero-order valence-electron chi connectivity index (χ0n) is 22.8. The van der Waals surface area contributed by atoms with Gasteiger partial charge in [-0.2, -0.15) is 0 Å². The number of allylic oxidation sites excluding steroid dienone is 4. The van der Waals surface area contributed by atoms with Crippen molar-refractivity contribution in [3.05, 3.63) is 69.6 Å². The first-order chi connectivity index (χ1) is 17.2. The quantitative estimate of drug-likeness (QED) is 0.186. The predicted molar refractivity (Wildman–Crippen MR) is 153 cm³/mol. The summed E-state index contributed by atoms with van der Waals surface area (Å²) in [5, 5.41) is 4.58. The van der Waals surface area contributed by atoms with E-state index in [-0.39, 0.29) is 11.5 Å². The normalized spacial score (nSPS) is 22.3. The number of hydrogen-bond donors (Lipinski definition) is 0. The van der Waals surface area contributed by atoms with Gasteiger partial charge in [0.2, 0.25) is 0 Å². The topological polar surface area (TPSA) is 59.0 Å². The molecule has 4 atom stereocenters. The molecule has 5 nitrogen and oxygen atoms in total. The minimum atomic E-state index is -1.43. The highest BCUT2D eigenvalue weighted by Crippen LogP contribution is 2.32. The van der Waals surface area contributed by atoms with E-state index in [1.54, 1.807) is 10.4 Å². The van der Waals surface area contributed by atoms with Crippen molar-refractivity contribution in [2.75, 3.05) is 13.7 Å². The summed E-state index contributed by atoms with van der Waals surface area (Å²) in [6.45, 7) is 11.2. The maximum absolute atomic E-state index is 13.3. The molecule has 7 heteroatoms. The first-order valence-corrected chi connectivity index (χ1v) is 15.9. The van der Waals surface area contributed by atoms with E-state index in [4.69, 9.17) is 4.43 Å². The van der Waals surface area contributed by atoms with Crippen molar-refractivity contribution in [3.8, 4) is 0 Å². The van der Waals surface area contributed by atoms with Crippen LogP contribution in [0.3, 0.4) is 0 Å². The van der Waals surface area contributed by atoms with Crippen LogP contribution in [-0.4, -0.2) is 36.7 Å². The third kappa shape index (κ3) is 7.43. The van der Waals surface area contributed by atoms with E-state index in [1.807, 2.05) is 33.9 Å². The van der Waals surface area contributed by atoms with Crippen LogP contribution < -0.4 is 5.19 Å². The minimum Gasteiger partial charge on any atom is -0.410 e. The van der Waals surface area contributed by atoms with Gasteiger partial charge < -0.3 is 4.43 Å². The van der Waals surface area contributed by atoms with Crippen LogP contribution in [0.1, 0.15) is 72.3 Å². The summed E-state index contributed by atoms with van der Waals surface area (Å²) in [5.41, 5.74) is 1.86. The van der Waals surface area contributed by atoms with Gasteiger partial charge in [0.15, 0.2) is 0 Å². The van der Waals surface area contributed by atoms with Gasteiger partial charge in [0.25, 0.3) is 9.04 Å². The van der Waals surface area contributed by atoms with E-state index in [2.05, 4.69) is 55.4 Å². The Morgan fingerprint density at radius 3 is 2.64 bits per heavy atom. The second-order valence-corrected chi connectivity index (χ2v) is 15.0. The molecule has 197 valence electrons. The van der Waals surface area contributed by atoms with Crippen LogP contribution >= 0.6 is 0 Å². The molecule has 2 aliphatic rings. The zero-order valence-corrected chi connectivity index (χ0v) is 24.6. The maximum atomic E-state index is 13.3. The highest BCUT2D eigenvalue weighted by molar-refractivity contribution is 7.86. The number of benzene rings is 1. The van der Waals surface area contributed by atoms with Crippen molar-refractivity contribution in [1.29, 1.82) is 0 Å². The van der Waals surface area contributed by atoms with Crippen LogP contribution in [0.25, 0.3) is 0 Å². The van der Waals surface area contributed by atoms with Gasteiger partial charge in [-0.25, -0.2) is 8.51 Å². The van der Waals surface area contributed by atoms with Crippen molar-refractivity contribution in [3.63, 3.8) is 0 Å². The minimum absolute atomic E-state index is 0.0668. The molecule has 0 aliphatic heterocycles. The molecule has 3 rings (SSSR count). The molecule has 0 N–H and O–H groups in total. The molecule has 0 amide bonds. The smallest absolute Gasteiger partial charge is 0.254 e. The molecule has 36 heavy (non-hydrogen) atoms. The Bertz CT molecular complexity index is 1010. The van der Waals surface area contributed by atoms with Gasteiger partial charge in [0.05, 0.1) is 4.91 Å². The number of hydrogen-bond acceptors (Lipinski definition) is 4. The zero-order chi connectivity index (χ0) is 26.3. The fourth-order valence-electron chi connectivity index (χ4n) is 4.57. The molecule has 0 fully saturated rings. The molecular weight excluding hydrogens is 484 g/mol. The highest BCUT2D eigenvalue weighted by Gasteiger charge is 2.32. The van der Waals surface area contributed by atoms with Gasteiger partial charge >= 0.3 is 0 Å². The van der Waals surface area contributed by atoms with E-state index in [0.717, 1.165) is 25.7 Å². The Kier molecular flexibility index (Phi) is 10.6. The first kappa shape index (κ1) is 28.9. The molecule has 0 saturated heterocycles. The number of nitroso groups, excluding NO2 is 1. The van der Waals surface area contributed by atoms with Gasteiger partial charge in [0, 0.05) is 25.1 Å². The largest absolute Gasteiger partial charge is 0.410 e. The van der Waals surface area contributed by atoms with Crippen molar-refractivity contribution in [2.24, 2.45) is 17.0 Å². The van der Waals surface area contributed by atoms with Gasteiger partial charge in [-0.3, -0.25) is 0 Å². The van der Waals surface area contributed by atoms with Crippen LogP contribution in [0.2, 0.25) is 5.54 Å². The lowest BCUT2D eigenvalue weighted by Crippen LogP contribution is -2.42. The van der Waals surface area contributed by atoms with E-state index in [9.17, 15) is 9.12 Å². The van der Waals surface area contributed by atoms with Gasteiger partial charge in [-0.05, 0) is 86.3 Å². The van der Waals surface area contributed by atoms with E-state index < -0.39 is 20.0 Å². The number of nitrogens with zero attached hydrogens (tertiary/aromatic N) is 2. The molecule has 1 aromatic carbocycles. The Balaban J connectivity index is 1.81.